The Hall–Kier alpha value is -2.09. The number of anilines is 1. The molecule has 2 N–H and O–H groups in total. The molecule has 1 aromatic rings. The number of rotatable bonds is 4. The summed E-state index contributed by atoms with van der Waals surface area (Å²) in [5.41, 5.74) is 0.567. The molecule has 0 unspecified atom stereocenters. The van der Waals surface area contributed by atoms with E-state index in [1.807, 2.05) is 6.07 Å². The SMILES string of the molecule is CNC(=O)CCNc1ccc(C#N)cc1F. The van der Waals surface area contributed by atoms with Crippen molar-refractivity contribution in [2.24, 2.45) is 0 Å². The van der Waals surface area contributed by atoms with Crippen LogP contribution in [-0.2, 0) is 4.79 Å². The number of nitrogens with one attached hydrogen (secondary N) is 2. The van der Waals surface area contributed by atoms with Gasteiger partial charge in [0.15, 0.2) is 0 Å². The van der Waals surface area contributed by atoms with Gasteiger partial charge in [0.1, 0.15) is 5.82 Å². The molecule has 1 amide bonds. The standard InChI is InChI=1S/C11H12FN3O/c1-14-11(16)4-5-15-10-3-2-8(7-13)6-9(10)12/h2-3,6,15H,4-5H2,1H3,(H,14,16). The van der Waals surface area contributed by atoms with E-state index in [4.69, 9.17) is 5.26 Å². The summed E-state index contributed by atoms with van der Waals surface area (Å²) in [4.78, 5) is 10.9. The molecular weight excluding hydrogens is 209 g/mol. The summed E-state index contributed by atoms with van der Waals surface area (Å²) >= 11 is 0. The Balaban J connectivity index is 2.55. The van der Waals surface area contributed by atoms with Gasteiger partial charge in [-0.15, -0.1) is 0 Å². The molecule has 0 saturated heterocycles. The maximum absolute atomic E-state index is 13.3. The Morgan fingerprint density at radius 2 is 2.31 bits per heavy atom. The van der Waals surface area contributed by atoms with Crippen LogP contribution in [0.4, 0.5) is 10.1 Å². The molecule has 0 heterocycles. The molecule has 1 rings (SSSR count). The first-order chi connectivity index (χ1) is 7.67. The number of nitriles is 1. The molecule has 0 atom stereocenters. The minimum Gasteiger partial charge on any atom is -0.382 e. The lowest BCUT2D eigenvalue weighted by molar-refractivity contribution is -0.120. The van der Waals surface area contributed by atoms with E-state index in [9.17, 15) is 9.18 Å². The van der Waals surface area contributed by atoms with Crippen LogP contribution >= 0.6 is 0 Å². The fourth-order valence-electron chi connectivity index (χ4n) is 1.16. The molecule has 0 saturated carbocycles. The lowest BCUT2D eigenvalue weighted by Crippen LogP contribution is -2.21. The van der Waals surface area contributed by atoms with Crippen LogP contribution in [0.3, 0.4) is 0 Å². The minimum absolute atomic E-state index is 0.110. The average molecular weight is 221 g/mol. The van der Waals surface area contributed by atoms with Crippen molar-refractivity contribution in [3.05, 3.63) is 29.6 Å². The highest BCUT2D eigenvalue weighted by molar-refractivity contribution is 5.76. The molecule has 0 bridgehead atoms. The van der Waals surface area contributed by atoms with Crippen molar-refractivity contribution in [2.45, 2.75) is 6.42 Å². The van der Waals surface area contributed by atoms with E-state index in [1.54, 1.807) is 7.05 Å². The predicted molar refractivity (Wildman–Crippen MR) is 58.3 cm³/mol. The molecule has 0 aliphatic heterocycles. The van der Waals surface area contributed by atoms with E-state index < -0.39 is 5.82 Å². The Kier molecular flexibility index (Phi) is 4.28. The molecule has 0 fully saturated rings. The van der Waals surface area contributed by atoms with Crippen LogP contribution in [0.5, 0.6) is 0 Å². The molecule has 0 aliphatic carbocycles. The van der Waals surface area contributed by atoms with Crippen molar-refractivity contribution in [2.75, 3.05) is 18.9 Å². The van der Waals surface area contributed by atoms with E-state index in [2.05, 4.69) is 10.6 Å². The smallest absolute Gasteiger partial charge is 0.221 e. The van der Waals surface area contributed by atoms with Crippen molar-refractivity contribution in [3.8, 4) is 6.07 Å². The van der Waals surface area contributed by atoms with E-state index in [-0.39, 0.29) is 17.9 Å². The molecule has 0 aliphatic rings. The van der Waals surface area contributed by atoms with Crippen LogP contribution in [0.1, 0.15) is 12.0 Å². The zero-order chi connectivity index (χ0) is 12.0. The number of carbonyl (C=O) groups is 1. The zero-order valence-corrected chi connectivity index (χ0v) is 8.88. The van der Waals surface area contributed by atoms with Gasteiger partial charge in [-0.05, 0) is 18.2 Å². The second-order valence-corrected chi connectivity index (χ2v) is 3.16. The second kappa shape index (κ2) is 5.71. The Morgan fingerprint density at radius 3 is 2.88 bits per heavy atom. The van der Waals surface area contributed by atoms with E-state index in [0.717, 1.165) is 6.07 Å². The molecule has 16 heavy (non-hydrogen) atoms. The lowest BCUT2D eigenvalue weighted by atomic mass is 10.2. The van der Waals surface area contributed by atoms with Crippen molar-refractivity contribution in [1.29, 1.82) is 5.26 Å². The minimum atomic E-state index is -0.490. The number of carbonyl (C=O) groups excluding carboxylic acids is 1. The fourth-order valence-corrected chi connectivity index (χ4v) is 1.16. The van der Waals surface area contributed by atoms with Crippen molar-refractivity contribution in [3.63, 3.8) is 0 Å². The van der Waals surface area contributed by atoms with Crippen molar-refractivity contribution in [1.82, 2.24) is 5.32 Å². The van der Waals surface area contributed by atoms with E-state index in [0.29, 0.717) is 12.2 Å². The number of benzene rings is 1. The number of hydrogen-bond acceptors (Lipinski definition) is 3. The zero-order valence-electron chi connectivity index (χ0n) is 8.88. The van der Waals surface area contributed by atoms with Crippen LogP contribution in [0.2, 0.25) is 0 Å². The van der Waals surface area contributed by atoms with Crippen molar-refractivity contribution < 1.29 is 9.18 Å². The molecule has 84 valence electrons. The first kappa shape index (κ1) is 12.0. The molecule has 4 nitrogen and oxygen atoms in total. The van der Waals surface area contributed by atoms with Gasteiger partial charge in [0, 0.05) is 20.0 Å². The normalized spacial score (nSPS) is 9.31. The maximum Gasteiger partial charge on any atom is 0.221 e. The van der Waals surface area contributed by atoms with Crippen LogP contribution < -0.4 is 10.6 Å². The average Bonchev–Trinajstić information content (AvgIpc) is 2.30. The lowest BCUT2D eigenvalue weighted by Gasteiger charge is -2.06. The monoisotopic (exact) mass is 221 g/mol. The third-order valence-electron chi connectivity index (χ3n) is 2.04. The van der Waals surface area contributed by atoms with E-state index >= 15 is 0 Å². The van der Waals surface area contributed by atoms with Crippen LogP contribution in [0.15, 0.2) is 18.2 Å². The van der Waals surface area contributed by atoms with Crippen molar-refractivity contribution >= 4 is 11.6 Å². The molecule has 0 aromatic heterocycles. The van der Waals surface area contributed by atoms with Crippen LogP contribution in [0.25, 0.3) is 0 Å². The number of hydrogen-bond donors (Lipinski definition) is 2. The van der Waals surface area contributed by atoms with Gasteiger partial charge in [0.05, 0.1) is 17.3 Å². The summed E-state index contributed by atoms with van der Waals surface area (Å²) in [6, 6.07) is 6.00. The summed E-state index contributed by atoms with van der Waals surface area (Å²) in [5, 5.41) is 13.8. The van der Waals surface area contributed by atoms with Gasteiger partial charge in [0.25, 0.3) is 0 Å². The second-order valence-electron chi connectivity index (χ2n) is 3.16. The summed E-state index contributed by atoms with van der Waals surface area (Å²) in [6.07, 6.45) is 0.274. The summed E-state index contributed by atoms with van der Waals surface area (Å²) < 4.78 is 13.3. The number of nitrogens with zero attached hydrogens (tertiary/aromatic N) is 1. The van der Waals surface area contributed by atoms with E-state index in [1.165, 1.54) is 12.1 Å². The Morgan fingerprint density at radius 1 is 1.56 bits per heavy atom. The topological polar surface area (TPSA) is 64.9 Å². The predicted octanol–water partition coefficient (Wildman–Crippen LogP) is 1.25. The van der Waals surface area contributed by atoms with Gasteiger partial charge in [-0.1, -0.05) is 0 Å². The Labute approximate surface area is 93.1 Å². The number of amides is 1. The first-order valence-electron chi connectivity index (χ1n) is 4.81. The van der Waals surface area contributed by atoms with Gasteiger partial charge in [-0.3, -0.25) is 4.79 Å². The van der Waals surface area contributed by atoms with Gasteiger partial charge in [-0.25, -0.2) is 4.39 Å². The van der Waals surface area contributed by atoms with Gasteiger partial charge in [-0.2, -0.15) is 5.26 Å². The number of halogens is 1. The third-order valence-corrected chi connectivity index (χ3v) is 2.04. The van der Waals surface area contributed by atoms with Crippen LogP contribution in [0, 0.1) is 17.1 Å². The van der Waals surface area contributed by atoms with Gasteiger partial charge >= 0.3 is 0 Å². The summed E-state index contributed by atoms with van der Waals surface area (Å²) in [7, 11) is 1.55. The largest absolute Gasteiger partial charge is 0.382 e. The van der Waals surface area contributed by atoms with Gasteiger partial charge < -0.3 is 10.6 Å². The summed E-state index contributed by atoms with van der Waals surface area (Å²) in [6.45, 7) is 0.350. The highest BCUT2D eigenvalue weighted by atomic mass is 19.1. The molecular formula is C11H12FN3O. The quantitative estimate of drug-likeness (QED) is 0.804. The first-order valence-corrected chi connectivity index (χ1v) is 4.81. The molecule has 0 spiro atoms. The van der Waals surface area contributed by atoms with Crippen LogP contribution in [-0.4, -0.2) is 19.5 Å². The Bertz CT molecular complexity index is 426. The maximum atomic E-state index is 13.3. The highest BCUT2D eigenvalue weighted by Crippen LogP contribution is 2.14. The molecule has 0 radical (unpaired) electrons. The summed E-state index contributed by atoms with van der Waals surface area (Å²) in [5.74, 6) is -0.600. The van der Waals surface area contributed by atoms with Gasteiger partial charge in [0.2, 0.25) is 5.91 Å². The highest BCUT2D eigenvalue weighted by Gasteiger charge is 2.03. The fraction of sp³-hybridized carbons (Fsp3) is 0.273. The third kappa shape index (κ3) is 3.24. The molecule has 5 heteroatoms. The molecule has 1 aromatic carbocycles.